The van der Waals surface area contributed by atoms with Gasteiger partial charge in [-0.15, -0.1) is 0 Å². The molecule has 1 aliphatic heterocycles. The number of hydrogen-bond acceptors (Lipinski definition) is 4. The van der Waals surface area contributed by atoms with Gasteiger partial charge in [-0.2, -0.15) is 0 Å². The Balaban J connectivity index is 1.84. The highest BCUT2D eigenvalue weighted by Gasteiger charge is 2.18. The summed E-state index contributed by atoms with van der Waals surface area (Å²) in [5, 5.41) is 4.11. The molecule has 0 aromatic heterocycles. The second kappa shape index (κ2) is 6.59. The normalized spacial score (nSPS) is 16.4. The van der Waals surface area contributed by atoms with Crippen LogP contribution in [0.1, 0.15) is 18.9 Å². The van der Waals surface area contributed by atoms with E-state index in [0.29, 0.717) is 23.1 Å². The minimum absolute atomic E-state index is 0.216. The third-order valence-electron chi connectivity index (χ3n) is 3.11. The molecule has 2 unspecified atom stereocenters. The minimum atomic E-state index is -0.759. The highest BCUT2D eigenvalue weighted by Crippen LogP contribution is 2.39. The smallest absolute Gasteiger partial charge is 0.231 e. The summed E-state index contributed by atoms with van der Waals surface area (Å²) in [5.41, 5.74) is 1.06. The molecular formula is C13H18ClNO3S. The summed E-state index contributed by atoms with van der Waals surface area (Å²) in [4.78, 5) is 0. The van der Waals surface area contributed by atoms with Gasteiger partial charge in [-0.1, -0.05) is 18.5 Å². The van der Waals surface area contributed by atoms with Crippen LogP contribution in [0.2, 0.25) is 5.02 Å². The van der Waals surface area contributed by atoms with Gasteiger partial charge in [0.25, 0.3) is 0 Å². The maximum atomic E-state index is 11.2. The van der Waals surface area contributed by atoms with Crippen LogP contribution in [0.4, 0.5) is 0 Å². The number of benzene rings is 1. The molecule has 106 valence electrons. The lowest BCUT2D eigenvalue weighted by Crippen LogP contribution is -2.20. The van der Waals surface area contributed by atoms with Crippen molar-refractivity contribution in [2.75, 3.05) is 19.6 Å². The van der Waals surface area contributed by atoms with Crippen LogP contribution in [-0.2, 0) is 17.3 Å². The fraction of sp³-hybridized carbons (Fsp3) is 0.538. The van der Waals surface area contributed by atoms with E-state index in [0.717, 1.165) is 18.5 Å². The fourth-order valence-corrected chi connectivity index (χ4v) is 2.56. The van der Waals surface area contributed by atoms with Gasteiger partial charge >= 0.3 is 0 Å². The average Bonchev–Trinajstić information content (AvgIpc) is 2.83. The van der Waals surface area contributed by atoms with Gasteiger partial charge in [0.05, 0.1) is 5.02 Å². The van der Waals surface area contributed by atoms with Crippen LogP contribution in [0, 0.1) is 0 Å². The molecule has 0 radical (unpaired) electrons. The van der Waals surface area contributed by atoms with Gasteiger partial charge in [0.15, 0.2) is 11.5 Å². The van der Waals surface area contributed by atoms with Crippen LogP contribution in [0.3, 0.4) is 0 Å². The van der Waals surface area contributed by atoms with Gasteiger partial charge in [0, 0.05) is 28.9 Å². The molecule has 2 atom stereocenters. The molecule has 0 aliphatic carbocycles. The van der Waals surface area contributed by atoms with E-state index in [9.17, 15) is 4.21 Å². The number of ether oxygens (including phenoxy) is 2. The Hall–Kier alpha value is -0.780. The van der Waals surface area contributed by atoms with Gasteiger partial charge in [0.1, 0.15) is 0 Å². The van der Waals surface area contributed by atoms with Crippen LogP contribution < -0.4 is 14.8 Å². The highest BCUT2D eigenvalue weighted by molar-refractivity contribution is 7.84. The third kappa shape index (κ3) is 3.84. The van der Waals surface area contributed by atoms with Crippen LogP contribution >= 0.6 is 11.6 Å². The predicted molar refractivity (Wildman–Crippen MR) is 77.4 cm³/mol. The van der Waals surface area contributed by atoms with Crippen molar-refractivity contribution in [3.8, 4) is 11.5 Å². The predicted octanol–water partition coefficient (Wildman–Crippen LogP) is 2.32. The Morgan fingerprint density at radius 1 is 1.47 bits per heavy atom. The molecule has 0 saturated heterocycles. The second-order valence-corrected chi connectivity index (χ2v) is 6.80. The van der Waals surface area contributed by atoms with Crippen molar-refractivity contribution < 1.29 is 13.7 Å². The highest BCUT2D eigenvalue weighted by atomic mass is 35.5. The maximum absolute atomic E-state index is 11.2. The Bertz CT molecular complexity index is 481. The number of fused-ring (bicyclic) bond motifs is 1. The summed E-state index contributed by atoms with van der Waals surface area (Å²) in [6, 6.07) is 3.81. The molecule has 0 spiro atoms. The minimum Gasteiger partial charge on any atom is -0.454 e. The first kappa shape index (κ1) is 14.6. The van der Waals surface area contributed by atoms with Crippen LogP contribution in [0.5, 0.6) is 11.5 Å². The van der Waals surface area contributed by atoms with Crippen LogP contribution in [-0.4, -0.2) is 29.1 Å². The lowest BCUT2D eigenvalue weighted by atomic mass is 10.2. The summed E-state index contributed by atoms with van der Waals surface area (Å²) < 4.78 is 21.8. The van der Waals surface area contributed by atoms with Crippen molar-refractivity contribution in [1.29, 1.82) is 0 Å². The molecule has 0 saturated carbocycles. The number of rotatable bonds is 6. The Morgan fingerprint density at radius 2 is 2.26 bits per heavy atom. The third-order valence-corrected chi connectivity index (χ3v) is 4.76. The molecule has 4 nitrogen and oxygen atoms in total. The summed E-state index contributed by atoms with van der Waals surface area (Å²) in [5.74, 6) is 1.33. The zero-order valence-corrected chi connectivity index (χ0v) is 12.6. The first-order valence-corrected chi connectivity index (χ1v) is 8.19. The maximum Gasteiger partial charge on any atom is 0.231 e. The Labute approximate surface area is 120 Å². The molecule has 2 rings (SSSR count). The van der Waals surface area contributed by atoms with Crippen molar-refractivity contribution in [1.82, 2.24) is 5.32 Å². The molecule has 1 aromatic rings. The van der Waals surface area contributed by atoms with Crippen molar-refractivity contribution in [2.45, 2.75) is 25.1 Å². The lowest BCUT2D eigenvalue weighted by Gasteiger charge is -2.10. The Morgan fingerprint density at radius 3 is 3.00 bits per heavy atom. The van der Waals surface area contributed by atoms with Crippen molar-refractivity contribution in [3.63, 3.8) is 0 Å². The molecule has 0 bridgehead atoms. The largest absolute Gasteiger partial charge is 0.454 e. The van der Waals surface area contributed by atoms with E-state index >= 15 is 0 Å². The fourth-order valence-electron chi connectivity index (χ4n) is 1.83. The van der Waals surface area contributed by atoms with E-state index in [-0.39, 0.29) is 12.0 Å². The van der Waals surface area contributed by atoms with Crippen molar-refractivity contribution in [3.05, 3.63) is 22.7 Å². The van der Waals surface area contributed by atoms with Crippen molar-refractivity contribution in [2.24, 2.45) is 0 Å². The van der Waals surface area contributed by atoms with Gasteiger partial charge < -0.3 is 14.8 Å². The molecule has 1 aliphatic rings. The van der Waals surface area contributed by atoms with Gasteiger partial charge in [-0.05, 0) is 30.7 Å². The van der Waals surface area contributed by atoms with Gasteiger partial charge in [-0.25, -0.2) is 0 Å². The number of halogens is 1. The van der Waals surface area contributed by atoms with Crippen molar-refractivity contribution >= 4 is 22.4 Å². The van der Waals surface area contributed by atoms with E-state index < -0.39 is 10.8 Å². The van der Waals surface area contributed by atoms with Crippen LogP contribution in [0.15, 0.2) is 12.1 Å². The molecule has 0 amide bonds. The summed E-state index contributed by atoms with van der Waals surface area (Å²) in [6.07, 6.45) is 2.63. The quantitative estimate of drug-likeness (QED) is 0.819. The molecule has 1 heterocycles. The lowest BCUT2D eigenvalue weighted by molar-refractivity contribution is 0.174. The molecule has 1 N–H and O–H groups in total. The SMILES string of the molecule is CC(CCNCc1cc(Cl)c2c(c1)OCO2)S(C)=O. The number of hydrogen-bond donors (Lipinski definition) is 1. The first-order valence-electron chi connectivity index (χ1n) is 6.19. The second-order valence-electron chi connectivity index (χ2n) is 4.59. The van der Waals surface area contributed by atoms with E-state index in [1.807, 2.05) is 19.1 Å². The van der Waals surface area contributed by atoms with E-state index in [1.165, 1.54) is 0 Å². The molecule has 1 aromatic carbocycles. The zero-order valence-electron chi connectivity index (χ0n) is 11.1. The van der Waals surface area contributed by atoms with E-state index in [2.05, 4.69) is 5.32 Å². The average molecular weight is 304 g/mol. The van der Waals surface area contributed by atoms with E-state index in [4.69, 9.17) is 21.1 Å². The van der Waals surface area contributed by atoms with E-state index in [1.54, 1.807) is 6.26 Å². The number of nitrogens with one attached hydrogen (secondary N) is 1. The summed E-state index contributed by atoms with van der Waals surface area (Å²) in [7, 11) is -0.759. The van der Waals surface area contributed by atoms with Gasteiger partial charge in [0.2, 0.25) is 6.79 Å². The topological polar surface area (TPSA) is 47.6 Å². The first-order chi connectivity index (χ1) is 9.08. The summed E-state index contributed by atoms with van der Waals surface area (Å²) in [6.45, 7) is 3.76. The molecule has 6 heteroatoms. The molecular weight excluding hydrogens is 286 g/mol. The molecule has 0 fully saturated rings. The van der Waals surface area contributed by atoms with Crippen LogP contribution in [0.25, 0.3) is 0 Å². The standard InChI is InChI=1S/C13H18ClNO3S/c1-9(19(2)16)3-4-15-7-10-5-11(14)13-12(6-10)17-8-18-13/h5-6,9,15H,3-4,7-8H2,1-2H3. The zero-order chi connectivity index (χ0) is 13.8. The van der Waals surface area contributed by atoms with Gasteiger partial charge in [-0.3, -0.25) is 4.21 Å². The molecule has 19 heavy (non-hydrogen) atoms. The monoisotopic (exact) mass is 303 g/mol. The summed E-state index contributed by atoms with van der Waals surface area (Å²) >= 11 is 6.11. The Kier molecular flexibility index (Phi) is 5.07.